The first-order valence-corrected chi connectivity index (χ1v) is 8.74. The van der Waals surface area contributed by atoms with E-state index in [0.717, 1.165) is 0 Å². The van der Waals surface area contributed by atoms with Gasteiger partial charge in [0.2, 0.25) is 10.0 Å². The highest BCUT2D eigenvalue weighted by molar-refractivity contribution is 7.89. The minimum atomic E-state index is -3.79. The Bertz CT molecular complexity index is 691. The molecule has 0 N–H and O–H groups in total. The van der Waals surface area contributed by atoms with Gasteiger partial charge in [-0.2, -0.15) is 4.31 Å². The molecule has 2 aliphatic rings. The third-order valence-electron chi connectivity index (χ3n) is 3.95. The summed E-state index contributed by atoms with van der Waals surface area (Å²) >= 11 is 11.7. The van der Waals surface area contributed by atoms with Gasteiger partial charge in [0.25, 0.3) is 0 Å². The van der Waals surface area contributed by atoms with E-state index in [4.69, 9.17) is 27.9 Å². The minimum absolute atomic E-state index is 0.0313. The summed E-state index contributed by atoms with van der Waals surface area (Å²) in [5.74, 6) is -0.434. The lowest BCUT2D eigenvalue weighted by Gasteiger charge is -2.29. The molecular weight excluding hydrogens is 337 g/mol. The number of sulfonamides is 1. The lowest BCUT2D eigenvalue weighted by molar-refractivity contribution is -0.153. The molecule has 0 bridgehead atoms. The molecule has 2 fully saturated rings. The average Bonchev–Trinajstić information content (AvgIpc) is 2.88. The second-order valence-electron chi connectivity index (χ2n) is 5.14. The number of hydrogen-bond donors (Lipinski definition) is 0. The fraction of sp³-hybridized carbons (Fsp3) is 0.462. The summed E-state index contributed by atoms with van der Waals surface area (Å²) in [6, 6.07) is 3.41. The van der Waals surface area contributed by atoms with Gasteiger partial charge in [-0.15, -0.1) is 0 Å². The van der Waals surface area contributed by atoms with Crippen LogP contribution in [0, 0.1) is 5.92 Å². The van der Waals surface area contributed by atoms with E-state index in [1.165, 1.54) is 22.5 Å². The van der Waals surface area contributed by atoms with E-state index < -0.39 is 22.0 Å². The molecule has 0 radical (unpaired) electrons. The van der Waals surface area contributed by atoms with E-state index in [1.807, 2.05) is 0 Å². The quantitative estimate of drug-likeness (QED) is 0.768. The predicted octanol–water partition coefficient (Wildman–Crippen LogP) is 2.32. The molecule has 3 rings (SSSR count). The van der Waals surface area contributed by atoms with Gasteiger partial charge in [-0.25, -0.2) is 8.42 Å². The number of fused-ring (bicyclic) bond motifs is 1. The Morgan fingerprint density at radius 1 is 1.19 bits per heavy atom. The summed E-state index contributed by atoms with van der Waals surface area (Å²) in [4.78, 5) is 11.9. The normalized spacial score (nSPS) is 26.5. The molecule has 0 amide bonds. The van der Waals surface area contributed by atoms with Gasteiger partial charge in [0.1, 0.15) is 6.04 Å². The summed E-state index contributed by atoms with van der Waals surface area (Å²) in [7, 11) is -3.79. The average molecular weight is 350 g/mol. The number of nitrogens with zero attached hydrogens (tertiary/aromatic N) is 1. The Kier molecular flexibility index (Phi) is 3.90. The van der Waals surface area contributed by atoms with Crippen molar-refractivity contribution in [2.24, 2.45) is 5.92 Å². The molecule has 5 nitrogen and oxygen atoms in total. The smallest absolute Gasteiger partial charge is 0.324 e. The minimum Gasteiger partial charge on any atom is -0.464 e. The van der Waals surface area contributed by atoms with E-state index in [-0.39, 0.29) is 20.9 Å². The van der Waals surface area contributed by atoms with Crippen molar-refractivity contribution in [2.45, 2.75) is 23.8 Å². The fourth-order valence-corrected chi connectivity index (χ4v) is 4.92. The first-order chi connectivity index (χ1) is 9.91. The molecule has 0 saturated carbocycles. The second-order valence-corrected chi connectivity index (χ2v) is 7.85. The predicted molar refractivity (Wildman–Crippen MR) is 77.8 cm³/mol. The van der Waals surface area contributed by atoms with E-state index in [0.29, 0.717) is 26.0 Å². The maximum absolute atomic E-state index is 12.7. The van der Waals surface area contributed by atoms with Crippen molar-refractivity contribution >= 4 is 39.2 Å². The zero-order valence-electron chi connectivity index (χ0n) is 11.0. The summed E-state index contributed by atoms with van der Waals surface area (Å²) in [5, 5.41) is 0.451. The molecule has 2 atom stereocenters. The summed E-state index contributed by atoms with van der Waals surface area (Å²) in [6.45, 7) is 0.674. The molecule has 21 heavy (non-hydrogen) atoms. The number of carbonyl (C=O) groups excluding carboxylic acids is 1. The molecule has 0 spiro atoms. The molecule has 0 unspecified atom stereocenters. The third kappa shape index (κ3) is 2.54. The zero-order valence-corrected chi connectivity index (χ0v) is 13.3. The van der Waals surface area contributed by atoms with E-state index in [9.17, 15) is 13.2 Å². The number of ether oxygens (including phenoxy) is 1. The number of benzene rings is 1. The van der Waals surface area contributed by atoms with Crippen LogP contribution in [0.3, 0.4) is 0 Å². The Hall–Kier alpha value is -0.820. The second kappa shape index (κ2) is 5.43. The molecule has 8 heteroatoms. The van der Waals surface area contributed by atoms with Crippen molar-refractivity contribution < 1.29 is 17.9 Å². The molecule has 1 aromatic rings. The zero-order chi connectivity index (χ0) is 15.2. The monoisotopic (exact) mass is 349 g/mol. The van der Waals surface area contributed by atoms with Gasteiger partial charge >= 0.3 is 5.97 Å². The van der Waals surface area contributed by atoms with Crippen LogP contribution in [0.2, 0.25) is 10.0 Å². The Morgan fingerprint density at radius 2 is 1.95 bits per heavy atom. The number of hydrogen-bond acceptors (Lipinski definition) is 4. The van der Waals surface area contributed by atoms with Crippen LogP contribution in [0.4, 0.5) is 0 Å². The first kappa shape index (κ1) is 15.1. The number of carbonyl (C=O) groups is 1. The van der Waals surface area contributed by atoms with Gasteiger partial charge in [-0.05, 0) is 37.0 Å². The molecule has 2 saturated heterocycles. The van der Waals surface area contributed by atoms with Crippen molar-refractivity contribution in [3.8, 4) is 0 Å². The Balaban J connectivity index is 1.98. The van der Waals surface area contributed by atoms with Gasteiger partial charge in [0.15, 0.2) is 0 Å². The van der Waals surface area contributed by atoms with Crippen LogP contribution in [0.25, 0.3) is 0 Å². The maximum Gasteiger partial charge on any atom is 0.324 e. The van der Waals surface area contributed by atoms with Gasteiger partial charge < -0.3 is 4.74 Å². The summed E-state index contributed by atoms with van der Waals surface area (Å²) in [5.41, 5.74) is 0. The van der Waals surface area contributed by atoms with E-state index >= 15 is 0 Å². The Morgan fingerprint density at radius 3 is 2.67 bits per heavy atom. The fourth-order valence-electron chi connectivity index (χ4n) is 2.88. The summed E-state index contributed by atoms with van der Waals surface area (Å²) < 4.78 is 31.7. The number of rotatable bonds is 2. The van der Waals surface area contributed by atoms with Gasteiger partial charge in [-0.1, -0.05) is 23.2 Å². The van der Waals surface area contributed by atoms with E-state index in [2.05, 4.69) is 0 Å². The highest BCUT2D eigenvalue weighted by Crippen LogP contribution is 2.36. The summed E-state index contributed by atoms with van der Waals surface area (Å²) in [6.07, 6.45) is 1.37. The molecule has 2 heterocycles. The van der Waals surface area contributed by atoms with Crippen molar-refractivity contribution in [1.29, 1.82) is 0 Å². The van der Waals surface area contributed by atoms with Crippen LogP contribution in [-0.2, 0) is 19.6 Å². The van der Waals surface area contributed by atoms with Gasteiger partial charge in [0, 0.05) is 6.54 Å². The highest BCUT2D eigenvalue weighted by atomic mass is 35.5. The Labute approximate surface area is 132 Å². The molecule has 114 valence electrons. The number of cyclic esters (lactones) is 1. The van der Waals surface area contributed by atoms with Crippen molar-refractivity contribution in [2.75, 3.05) is 13.2 Å². The maximum atomic E-state index is 12.7. The van der Waals surface area contributed by atoms with Crippen LogP contribution >= 0.6 is 23.2 Å². The van der Waals surface area contributed by atoms with Crippen molar-refractivity contribution in [1.82, 2.24) is 4.31 Å². The van der Waals surface area contributed by atoms with Crippen LogP contribution in [-0.4, -0.2) is 37.9 Å². The molecule has 2 aliphatic heterocycles. The van der Waals surface area contributed by atoms with Crippen LogP contribution < -0.4 is 0 Å². The first-order valence-electron chi connectivity index (χ1n) is 6.55. The van der Waals surface area contributed by atoms with Crippen LogP contribution in [0.5, 0.6) is 0 Å². The lowest BCUT2D eigenvalue weighted by atomic mass is 9.96. The number of esters is 1. The van der Waals surface area contributed by atoms with Crippen molar-refractivity contribution in [3.05, 3.63) is 28.2 Å². The van der Waals surface area contributed by atoms with Crippen molar-refractivity contribution in [3.63, 3.8) is 0 Å². The lowest BCUT2D eigenvalue weighted by Crippen LogP contribution is -2.46. The topological polar surface area (TPSA) is 63.7 Å². The largest absolute Gasteiger partial charge is 0.464 e. The standard InChI is InChI=1S/C13H13Cl2NO4S/c14-10-2-1-9(7-11(10)15)21(18,19)16-5-3-8-4-6-20-13(17)12(8)16/h1-2,7-8,12H,3-6H2/t8-,12-/m1/s1. The molecule has 0 aromatic heterocycles. The molecular formula is C13H13Cl2NO4S. The van der Waals surface area contributed by atoms with Gasteiger partial charge in [0.05, 0.1) is 21.5 Å². The highest BCUT2D eigenvalue weighted by Gasteiger charge is 2.48. The third-order valence-corrected chi connectivity index (χ3v) is 6.57. The molecule has 1 aromatic carbocycles. The number of halogens is 2. The van der Waals surface area contributed by atoms with Crippen LogP contribution in [0.1, 0.15) is 12.8 Å². The molecule has 0 aliphatic carbocycles. The van der Waals surface area contributed by atoms with Gasteiger partial charge in [-0.3, -0.25) is 4.79 Å². The van der Waals surface area contributed by atoms with Crippen LogP contribution in [0.15, 0.2) is 23.1 Å². The van der Waals surface area contributed by atoms with E-state index in [1.54, 1.807) is 0 Å². The SMILES string of the molecule is O=C1OCC[C@H]2CCN(S(=O)(=O)c3ccc(Cl)c(Cl)c3)[C@@H]12.